The molecule has 0 aliphatic heterocycles. The van der Waals surface area contributed by atoms with E-state index < -0.39 is 0 Å². The van der Waals surface area contributed by atoms with Crippen molar-refractivity contribution in [2.45, 2.75) is 13.0 Å². The van der Waals surface area contributed by atoms with E-state index in [1.165, 1.54) is 0 Å². The number of nitrogens with zero attached hydrogens (tertiary/aromatic N) is 2. The Morgan fingerprint density at radius 2 is 1.92 bits per heavy atom. The van der Waals surface area contributed by atoms with E-state index in [0.29, 0.717) is 5.56 Å². The number of anilines is 1. The van der Waals surface area contributed by atoms with Crippen molar-refractivity contribution in [1.82, 2.24) is 20.3 Å². The first kappa shape index (κ1) is 15.8. The first-order chi connectivity index (χ1) is 11.4. The van der Waals surface area contributed by atoms with E-state index in [0.717, 1.165) is 22.4 Å². The van der Waals surface area contributed by atoms with Gasteiger partial charge in [0.25, 0.3) is 5.91 Å². The average molecular weight is 325 g/mol. The van der Waals surface area contributed by atoms with Crippen LogP contribution in [0, 0.1) is 0 Å². The molecule has 0 spiro atoms. The Hall–Kier alpha value is -3.09. The van der Waals surface area contributed by atoms with Crippen molar-refractivity contribution in [3.8, 4) is 0 Å². The van der Waals surface area contributed by atoms with Crippen LogP contribution in [-0.4, -0.2) is 35.0 Å². The van der Waals surface area contributed by atoms with Crippen molar-refractivity contribution < 1.29 is 4.79 Å². The van der Waals surface area contributed by atoms with Crippen LogP contribution in [0.5, 0.6) is 0 Å². The van der Waals surface area contributed by atoms with Crippen LogP contribution in [0.3, 0.4) is 0 Å². The lowest BCUT2D eigenvalue weighted by atomic mass is 10.1. The number of hydrogen-bond acceptors (Lipinski definition) is 4. The molecular formula is C17H19N5O2. The van der Waals surface area contributed by atoms with Gasteiger partial charge in [-0.15, -0.1) is 0 Å². The summed E-state index contributed by atoms with van der Waals surface area (Å²) in [5.41, 5.74) is 2.62. The third-order valence-corrected chi connectivity index (χ3v) is 3.86. The van der Waals surface area contributed by atoms with Crippen LogP contribution < -0.4 is 15.9 Å². The molecule has 124 valence electrons. The van der Waals surface area contributed by atoms with Crippen LogP contribution in [0.2, 0.25) is 0 Å². The topological polar surface area (TPSA) is 93.9 Å². The van der Waals surface area contributed by atoms with Gasteiger partial charge in [0.05, 0.1) is 22.6 Å². The minimum absolute atomic E-state index is 0.192. The lowest BCUT2D eigenvalue weighted by molar-refractivity contribution is 0.0939. The number of carbonyl (C=O) groups is 1. The smallest absolute Gasteiger partial charge is 0.323 e. The van der Waals surface area contributed by atoms with Gasteiger partial charge in [0, 0.05) is 20.3 Å². The summed E-state index contributed by atoms with van der Waals surface area (Å²) in [5, 5.41) is 2.94. The van der Waals surface area contributed by atoms with Crippen LogP contribution in [0.4, 0.5) is 5.82 Å². The number of rotatable bonds is 4. The molecule has 0 aliphatic carbocycles. The highest BCUT2D eigenvalue weighted by molar-refractivity contribution is 5.94. The van der Waals surface area contributed by atoms with E-state index >= 15 is 0 Å². The Morgan fingerprint density at radius 1 is 1.17 bits per heavy atom. The number of H-pyrrole nitrogens is 2. The summed E-state index contributed by atoms with van der Waals surface area (Å²) in [4.78, 5) is 35.2. The zero-order valence-electron chi connectivity index (χ0n) is 13.8. The second kappa shape index (κ2) is 6.19. The molecule has 7 heteroatoms. The molecule has 2 aromatic heterocycles. The average Bonchev–Trinajstić information content (AvgIpc) is 2.93. The molecule has 0 aliphatic rings. The summed E-state index contributed by atoms with van der Waals surface area (Å²) in [5.74, 6) is 0.601. The molecule has 0 saturated carbocycles. The van der Waals surface area contributed by atoms with Crippen molar-refractivity contribution in [1.29, 1.82) is 0 Å². The normalized spacial score (nSPS) is 12.1. The van der Waals surface area contributed by atoms with E-state index in [1.54, 1.807) is 18.3 Å². The zero-order chi connectivity index (χ0) is 17.3. The van der Waals surface area contributed by atoms with Crippen molar-refractivity contribution in [2.24, 2.45) is 0 Å². The monoisotopic (exact) mass is 325 g/mol. The fourth-order valence-corrected chi connectivity index (χ4v) is 2.47. The minimum atomic E-state index is -0.245. The number of amides is 1. The standard InChI is InChI=1S/C17H19N5O2/c1-10(11-4-6-13-14(8-11)21-17(24)20-13)19-16(23)12-5-7-15(18-9-12)22(2)3/h4-10H,1-3H3,(H,19,23)(H2,20,21,24)/t10-/m1/s1. The number of aromatic nitrogens is 3. The highest BCUT2D eigenvalue weighted by Crippen LogP contribution is 2.17. The number of pyridine rings is 1. The molecule has 0 bridgehead atoms. The Labute approximate surface area is 138 Å². The summed E-state index contributed by atoms with van der Waals surface area (Å²) in [6.07, 6.45) is 1.56. The molecule has 0 radical (unpaired) electrons. The van der Waals surface area contributed by atoms with Crippen LogP contribution in [0.15, 0.2) is 41.3 Å². The number of imidazole rings is 1. The maximum atomic E-state index is 12.3. The van der Waals surface area contributed by atoms with Crippen molar-refractivity contribution in [3.63, 3.8) is 0 Å². The van der Waals surface area contributed by atoms with Gasteiger partial charge in [-0.05, 0) is 36.8 Å². The number of carbonyl (C=O) groups excluding carboxylic acids is 1. The summed E-state index contributed by atoms with van der Waals surface area (Å²) in [6.45, 7) is 1.89. The maximum absolute atomic E-state index is 12.3. The van der Waals surface area contributed by atoms with Crippen molar-refractivity contribution in [3.05, 3.63) is 58.1 Å². The molecule has 24 heavy (non-hydrogen) atoms. The van der Waals surface area contributed by atoms with Gasteiger partial charge in [0.2, 0.25) is 0 Å². The van der Waals surface area contributed by atoms with Crippen molar-refractivity contribution >= 4 is 22.8 Å². The number of hydrogen-bond donors (Lipinski definition) is 3. The Balaban J connectivity index is 1.75. The quantitative estimate of drug-likeness (QED) is 0.682. The molecule has 2 heterocycles. The number of aromatic amines is 2. The van der Waals surface area contributed by atoms with Gasteiger partial charge in [-0.25, -0.2) is 9.78 Å². The van der Waals surface area contributed by atoms with Gasteiger partial charge in [-0.1, -0.05) is 6.07 Å². The van der Waals surface area contributed by atoms with E-state index in [2.05, 4.69) is 20.3 Å². The molecule has 3 aromatic rings. The third-order valence-electron chi connectivity index (χ3n) is 3.86. The summed E-state index contributed by atoms with van der Waals surface area (Å²) < 4.78 is 0. The van der Waals surface area contributed by atoms with Gasteiger partial charge in [0.15, 0.2) is 0 Å². The Bertz CT molecular complexity index is 924. The Kier molecular flexibility index (Phi) is 4.07. The van der Waals surface area contributed by atoms with E-state index in [-0.39, 0.29) is 17.6 Å². The van der Waals surface area contributed by atoms with Crippen LogP contribution in [0.25, 0.3) is 11.0 Å². The fraction of sp³-hybridized carbons (Fsp3) is 0.235. The molecule has 1 atom stereocenters. The second-order valence-electron chi connectivity index (χ2n) is 5.88. The van der Waals surface area contributed by atoms with E-state index in [4.69, 9.17) is 0 Å². The number of fused-ring (bicyclic) bond motifs is 1. The summed E-state index contributed by atoms with van der Waals surface area (Å²) in [6, 6.07) is 8.90. The summed E-state index contributed by atoms with van der Waals surface area (Å²) in [7, 11) is 3.79. The van der Waals surface area contributed by atoms with Gasteiger partial charge < -0.3 is 20.2 Å². The van der Waals surface area contributed by atoms with Gasteiger partial charge >= 0.3 is 5.69 Å². The third kappa shape index (κ3) is 3.15. The SMILES string of the molecule is C[C@@H](NC(=O)c1ccc(N(C)C)nc1)c1ccc2[nH]c(=O)[nH]c2c1. The zero-order valence-corrected chi connectivity index (χ0v) is 13.8. The van der Waals surface area contributed by atoms with Gasteiger partial charge in [-0.2, -0.15) is 0 Å². The van der Waals surface area contributed by atoms with Crippen LogP contribution >= 0.6 is 0 Å². The van der Waals surface area contributed by atoms with Gasteiger partial charge in [-0.3, -0.25) is 4.79 Å². The predicted octanol–water partition coefficient (Wildman–Crippen LogP) is 1.81. The highest BCUT2D eigenvalue weighted by Gasteiger charge is 2.13. The molecule has 7 nitrogen and oxygen atoms in total. The molecule has 0 fully saturated rings. The second-order valence-corrected chi connectivity index (χ2v) is 5.88. The van der Waals surface area contributed by atoms with E-state index in [1.807, 2.05) is 44.1 Å². The van der Waals surface area contributed by atoms with E-state index in [9.17, 15) is 9.59 Å². The summed E-state index contributed by atoms with van der Waals surface area (Å²) >= 11 is 0. The first-order valence-electron chi connectivity index (χ1n) is 7.60. The Morgan fingerprint density at radius 3 is 2.58 bits per heavy atom. The molecule has 0 saturated heterocycles. The number of benzene rings is 1. The first-order valence-corrected chi connectivity index (χ1v) is 7.60. The highest BCUT2D eigenvalue weighted by atomic mass is 16.2. The molecule has 1 aromatic carbocycles. The lowest BCUT2D eigenvalue weighted by Gasteiger charge is -2.15. The van der Waals surface area contributed by atoms with Gasteiger partial charge in [0.1, 0.15) is 5.82 Å². The lowest BCUT2D eigenvalue weighted by Crippen LogP contribution is -2.26. The minimum Gasteiger partial charge on any atom is -0.363 e. The maximum Gasteiger partial charge on any atom is 0.323 e. The van der Waals surface area contributed by atoms with Crippen LogP contribution in [-0.2, 0) is 0 Å². The number of nitrogens with one attached hydrogen (secondary N) is 3. The molecule has 1 amide bonds. The molecule has 3 N–H and O–H groups in total. The fourth-order valence-electron chi connectivity index (χ4n) is 2.47. The van der Waals surface area contributed by atoms with Crippen LogP contribution in [0.1, 0.15) is 28.9 Å². The molecule has 0 unspecified atom stereocenters. The largest absolute Gasteiger partial charge is 0.363 e. The predicted molar refractivity (Wildman–Crippen MR) is 93.4 cm³/mol. The molecule has 3 rings (SSSR count). The van der Waals surface area contributed by atoms with Crippen molar-refractivity contribution in [2.75, 3.05) is 19.0 Å². The molecular weight excluding hydrogens is 306 g/mol.